The molecule has 30 heavy (non-hydrogen) atoms. The maximum Gasteiger partial charge on any atom is 0.225 e. The molecule has 168 valence electrons. The van der Waals surface area contributed by atoms with E-state index in [0.29, 0.717) is 11.9 Å². The van der Waals surface area contributed by atoms with E-state index in [4.69, 9.17) is 4.99 Å². The summed E-state index contributed by atoms with van der Waals surface area (Å²) in [4.78, 5) is 23.6. The largest absolute Gasteiger partial charge is 0.357 e. The van der Waals surface area contributed by atoms with Crippen LogP contribution in [0, 0.1) is 5.92 Å². The number of carbonyl (C=O) groups is 1. The minimum Gasteiger partial charge on any atom is -0.357 e. The molecule has 2 N–H and O–H groups in total. The van der Waals surface area contributed by atoms with Gasteiger partial charge in [-0.2, -0.15) is 0 Å². The zero-order chi connectivity index (χ0) is 20.1. The summed E-state index contributed by atoms with van der Waals surface area (Å²) in [6.07, 6.45) is 6.78. The third kappa shape index (κ3) is 6.09. The lowest BCUT2D eigenvalue weighted by Gasteiger charge is -2.26. The van der Waals surface area contributed by atoms with Crippen molar-refractivity contribution in [3.63, 3.8) is 0 Å². The van der Waals surface area contributed by atoms with Crippen molar-refractivity contribution in [2.75, 3.05) is 39.3 Å². The number of aliphatic imine (C=N–C) groups is 1. The van der Waals surface area contributed by atoms with Gasteiger partial charge in [0.15, 0.2) is 5.96 Å². The fraction of sp³-hybridized carbons (Fsp3) is 0.727. The molecule has 3 aliphatic rings. The van der Waals surface area contributed by atoms with E-state index in [1.165, 1.54) is 24.8 Å². The van der Waals surface area contributed by atoms with Gasteiger partial charge in [0.2, 0.25) is 5.91 Å². The van der Waals surface area contributed by atoms with Crippen LogP contribution in [0.4, 0.5) is 0 Å². The molecule has 0 bridgehead atoms. The zero-order valence-electron chi connectivity index (χ0n) is 18.1. The summed E-state index contributed by atoms with van der Waals surface area (Å²) in [5.74, 6) is 1.55. The highest BCUT2D eigenvalue weighted by molar-refractivity contribution is 14.0. The van der Waals surface area contributed by atoms with E-state index in [2.05, 4.69) is 38.8 Å². The minimum absolute atomic E-state index is 0. The molecule has 3 heterocycles. The second-order valence-electron chi connectivity index (χ2n) is 8.55. The summed E-state index contributed by atoms with van der Waals surface area (Å²) in [7, 11) is 0. The third-order valence-corrected chi connectivity index (χ3v) is 7.49. The summed E-state index contributed by atoms with van der Waals surface area (Å²) < 4.78 is 0. The summed E-state index contributed by atoms with van der Waals surface area (Å²) in [6.45, 7) is 8.62. The van der Waals surface area contributed by atoms with Crippen LogP contribution in [0.1, 0.15) is 49.5 Å². The summed E-state index contributed by atoms with van der Waals surface area (Å²) in [5, 5.41) is 9.16. The van der Waals surface area contributed by atoms with Crippen LogP contribution in [0.5, 0.6) is 0 Å². The van der Waals surface area contributed by atoms with Crippen molar-refractivity contribution < 1.29 is 4.79 Å². The monoisotopic (exact) mass is 545 g/mol. The fourth-order valence-corrected chi connectivity index (χ4v) is 5.71. The first kappa shape index (κ1) is 23.8. The lowest BCUT2D eigenvalue weighted by Crippen LogP contribution is -2.45. The normalized spacial score (nSPS) is 22.6. The molecule has 2 aliphatic heterocycles. The number of hydrogen-bond acceptors (Lipinski definition) is 4. The highest BCUT2D eigenvalue weighted by Gasteiger charge is 2.32. The Hall–Kier alpha value is -0.870. The van der Waals surface area contributed by atoms with Crippen molar-refractivity contribution in [2.24, 2.45) is 10.9 Å². The van der Waals surface area contributed by atoms with Crippen LogP contribution < -0.4 is 10.6 Å². The standard InChI is InChI=1S/C22H35N5OS.HI/c1-2-23-22(24-10-13-26-11-8-20-18(15-26)9-14-29-20)25-19-7-12-27(16-19)21(28)17-5-3-4-6-17;/h9,14,17,19H,2-8,10-13,15-16H2,1H3,(H2,23,24,25);1H. The molecule has 0 radical (unpaired) electrons. The number of nitrogens with one attached hydrogen (secondary N) is 2. The van der Waals surface area contributed by atoms with Gasteiger partial charge < -0.3 is 15.5 Å². The molecular formula is C22H36IN5OS. The lowest BCUT2D eigenvalue weighted by molar-refractivity contribution is -0.134. The van der Waals surface area contributed by atoms with Crippen LogP contribution >= 0.6 is 35.3 Å². The van der Waals surface area contributed by atoms with Gasteiger partial charge in [-0.05, 0) is 49.6 Å². The quantitative estimate of drug-likeness (QED) is 0.328. The van der Waals surface area contributed by atoms with Gasteiger partial charge >= 0.3 is 0 Å². The third-order valence-electron chi connectivity index (χ3n) is 6.46. The maximum atomic E-state index is 12.7. The first-order valence-corrected chi connectivity index (χ1v) is 12.2. The van der Waals surface area contributed by atoms with E-state index in [1.54, 1.807) is 4.88 Å². The molecule has 1 unspecified atom stereocenters. The second kappa shape index (κ2) is 11.7. The summed E-state index contributed by atoms with van der Waals surface area (Å²) >= 11 is 1.89. The minimum atomic E-state index is 0. The van der Waals surface area contributed by atoms with Crippen molar-refractivity contribution in [3.05, 3.63) is 21.9 Å². The SMILES string of the molecule is CCNC(=NCCN1CCc2sccc2C1)NC1CCN(C(=O)C2CCCC2)C1.I. The highest BCUT2D eigenvalue weighted by atomic mass is 127. The molecule has 8 heteroatoms. The van der Waals surface area contributed by atoms with Crippen molar-refractivity contribution >= 4 is 47.2 Å². The Morgan fingerprint density at radius 3 is 2.90 bits per heavy atom. The molecule has 4 rings (SSSR count). The Labute approximate surface area is 201 Å². The predicted molar refractivity (Wildman–Crippen MR) is 135 cm³/mol. The number of nitrogens with zero attached hydrogens (tertiary/aromatic N) is 3. The van der Waals surface area contributed by atoms with Gasteiger partial charge in [-0.25, -0.2) is 0 Å². The summed E-state index contributed by atoms with van der Waals surface area (Å²) in [5.41, 5.74) is 1.49. The number of amides is 1. The molecule has 1 aliphatic carbocycles. The van der Waals surface area contributed by atoms with Gasteiger partial charge in [-0.3, -0.25) is 14.7 Å². The van der Waals surface area contributed by atoms with Crippen LogP contribution in [0.15, 0.2) is 16.4 Å². The number of guanidine groups is 1. The Morgan fingerprint density at radius 1 is 1.27 bits per heavy atom. The highest BCUT2D eigenvalue weighted by Crippen LogP contribution is 2.28. The van der Waals surface area contributed by atoms with Crippen LogP contribution in [-0.4, -0.2) is 67.0 Å². The molecule has 1 atom stereocenters. The molecule has 0 spiro atoms. The molecule has 1 aromatic rings. The molecule has 2 fully saturated rings. The van der Waals surface area contributed by atoms with Crippen molar-refractivity contribution in [1.29, 1.82) is 0 Å². The van der Waals surface area contributed by atoms with Crippen LogP contribution in [0.25, 0.3) is 0 Å². The molecule has 1 saturated carbocycles. The molecule has 1 amide bonds. The maximum absolute atomic E-state index is 12.7. The lowest BCUT2D eigenvalue weighted by atomic mass is 10.1. The second-order valence-corrected chi connectivity index (χ2v) is 9.55. The number of fused-ring (bicyclic) bond motifs is 1. The van der Waals surface area contributed by atoms with E-state index >= 15 is 0 Å². The average Bonchev–Trinajstić information content (AvgIpc) is 3.48. The van der Waals surface area contributed by atoms with Crippen LogP contribution in [0.2, 0.25) is 0 Å². The number of rotatable bonds is 6. The number of thiophene rings is 1. The van der Waals surface area contributed by atoms with Gasteiger partial charge in [-0.15, -0.1) is 35.3 Å². The van der Waals surface area contributed by atoms with Gasteiger partial charge in [0, 0.05) is 56.1 Å². The molecule has 0 aromatic carbocycles. The Morgan fingerprint density at radius 2 is 2.10 bits per heavy atom. The molecular weight excluding hydrogens is 509 g/mol. The van der Waals surface area contributed by atoms with E-state index in [-0.39, 0.29) is 29.9 Å². The molecule has 1 aromatic heterocycles. The van der Waals surface area contributed by atoms with E-state index in [1.807, 2.05) is 11.3 Å². The molecule has 6 nitrogen and oxygen atoms in total. The molecule has 1 saturated heterocycles. The van der Waals surface area contributed by atoms with E-state index in [0.717, 1.165) is 71.0 Å². The van der Waals surface area contributed by atoms with Crippen LogP contribution in [-0.2, 0) is 17.8 Å². The Bertz CT molecular complexity index is 718. The van der Waals surface area contributed by atoms with Gasteiger partial charge in [-0.1, -0.05) is 12.8 Å². The van der Waals surface area contributed by atoms with Gasteiger partial charge in [0.05, 0.1) is 6.54 Å². The van der Waals surface area contributed by atoms with Crippen LogP contribution in [0.3, 0.4) is 0 Å². The predicted octanol–water partition coefficient (Wildman–Crippen LogP) is 3.07. The number of hydrogen-bond donors (Lipinski definition) is 2. The number of likely N-dealkylation sites (tertiary alicyclic amines) is 1. The smallest absolute Gasteiger partial charge is 0.225 e. The topological polar surface area (TPSA) is 60.0 Å². The van der Waals surface area contributed by atoms with Crippen molar-refractivity contribution in [2.45, 2.75) is 58.0 Å². The summed E-state index contributed by atoms with van der Waals surface area (Å²) in [6, 6.07) is 2.57. The Kier molecular flexibility index (Phi) is 9.25. The fourth-order valence-electron chi connectivity index (χ4n) is 4.82. The van der Waals surface area contributed by atoms with Crippen molar-refractivity contribution in [3.8, 4) is 0 Å². The zero-order valence-corrected chi connectivity index (χ0v) is 21.2. The first-order valence-electron chi connectivity index (χ1n) is 11.3. The van der Waals surface area contributed by atoms with Crippen molar-refractivity contribution in [1.82, 2.24) is 20.4 Å². The number of carbonyl (C=O) groups excluding carboxylic acids is 1. The van der Waals surface area contributed by atoms with E-state index in [9.17, 15) is 4.79 Å². The average molecular weight is 546 g/mol. The van der Waals surface area contributed by atoms with E-state index < -0.39 is 0 Å². The van der Waals surface area contributed by atoms with Gasteiger partial charge in [0.25, 0.3) is 0 Å². The number of halogens is 1. The Balaban J connectivity index is 0.00000256. The van der Waals surface area contributed by atoms with Gasteiger partial charge in [0.1, 0.15) is 0 Å². The first-order chi connectivity index (χ1) is 14.2.